The lowest BCUT2D eigenvalue weighted by molar-refractivity contribution is -0.121. The number of amides is 3. The smallest absolute Gasteiger partial charge is 0.315 e. The van der Waals surface area contributed by atoms with Crippen LogP contribution in [0.25, 0.3) is 0 Å². The summed E-state index contributed by atoms with van der Waals surface area (Å²) < 4.78 is 13.5. The van der Waals surface area contributed by atoms with E-state index < -0.39 is 5.82 Å². The maximum absolute atomic E-state index is 13.5. The summed E-state index contributed by atoms with van der Waals surface area (Å²) in [6.45, 7) is 0.251. The van der Waals surface area contributed by atoms with Gasteiger partial charge in [0.1, 0.15) is 11.9 Å². The minimum Gasteiger partial charge on any atom is -0.352 e. The molecule has 0 bridgehead atoms. The first-order valence-electron chi connectivity index (χ1n) is 8.70. The van der Waals surface area contributed by atoms with Crippen molar-refractivity contribution < 1.29 is 14.0 Å². The Morgan fingerprint density at radius 3 is 3.00 bits per heavy atom. The van der Waals surface area contributed by atoms with Crippen LogP contribution < -0.4 is 16.0 Å². The number of benzene rings is 1. The number of halogens is 1. The van der Waals surface area contributed by atoms with Crippen LogP contribution in [-0.4, -0.2) is 35.0 Å². The average molecular weight is 376 g/mol. The molecule has 6 nitrogen and oxygen atoms in total. The molecule has 0 saturated carbocycles. The van der Waals surface area contributed by atoms with Gasteiger partial charge < -0.3 is 16.0 Å². The van der Waals surface area contributed by atoms with Crippen LogP contribution in [0.2, 0.25) is 0 Å². The molecule has 1 aromatic carbocycles. The summed E-state index contributed by atoms with van der Waals surface area (Å²) in [7, 11) is 0. The summed E-state index contributed by atoms with van der Waals surface area (Å²) in [5, 5.41) is 17.8. The fourth-order valence-corrected chi connectivity index (χ4v) is 4.87. The zero-order valence-electron chi connectivity index (χ0n) is 14.3. The molecule has 2 saturated heterocycles. The Bertz CT molecular complexity index is 736. The predicted octanol–water partition coefficient (Wildman–Crippen LogP) is 2.04. The first-order valence-corrected chi connectivity index (χ1v) is 9.75. The molecule has 0 aliphatic carbocycles. The van der Waals surface area contributed by atoms with Crippen molar-refractivity contribution >= 4 is 23.7 Å². The van der Waals surface area contributed by atoms with E-state index in [0.717, 1.165) is 25.0 Å². The van der Waals surface area contributed by atoms with Gasteiger partial charge in [0.05, 0.1) is 17.6 Å². The SMILES string of the molecule is N#Cc1ccc(CNC(=O)CCCC[C@@H]2SC[C@@H]3NC(=O)N[C@@H]32)cc1F. The lowest BCUT2D eigenvalue weighted by atomic mass is 10.0. The largest absolute Gasteiger partial charge is 0.352 e. The number of nitriles is 1. The van der Waals surface area contributed by atoms with Crippen molar-refractivity contribution in [3.8, 4) is 6.07 Å². The van der Waals surface area contributed by atoms with E-state index >= 15 is 0 Å². The standard InChI is InChI=1S/C18H21FN4O2S/c19-13-7-11(5-6-12(13)8-20)9-21-16(24)4-2-1-3-15-17-14(10-26-15)22-18(25)23-17/h5-7,14-15,17H,1-4,9-10H2,(H,21,24)(H2,22,23,25)/t14-,15-,17-/m0/s1. The molecule has 2 fully saturated rings. The molecule has 0 radical (unpaired) electrons. The number of hydrogen-bond acceptors (Lipinski definition) is 4. The highest BCUT2D eigenvalue weighted by Gasteiger charge is 2.42. The molecule has 0 spiro atoms. The van der Waals surface area contributed by atoms with Crippen molar-refractivity contribution in [1.82, 2.24) is 16.0 Å². The molecule has 2 aliphatic heterocycles. The van der Waals surface area contributed by atoms with Crippen LogP contribution in [0.3, 0.4) is 0 Å². The molecule has 3 atom stereocenters. The molecular formula is C18H21FN4O2S. The van der Waals surface area contributed by atoms with Gasteiger partial charge in [-0.2, -0.15) is 17.0 Å². The third-order valence-electron chi connectivity index (χ3n) is 4.72. The average Bonchev–Trinajstić information content (AvgIpc) is 3.16. The van der Waals surface area contributed by atoms with Gasteiger partial charge >= 0.3 is 6.03 Å². The Morgan fingerprint density at radius 2 is 2.23 bits per heavy atom. The van der Waals surface area contributed by atoms with E-state index in [1.165, 1.54) is 12.1 Å². The van der Waals surface area contributed by atoms with Crippen molar-refractivity contribution in [2.75, 3.05) is 5.75 Å². The number of carbonyl (C=O) groups is 2. The van der Waals surface area contributed by atoms with Gasteiger partial charge in [-0.15, -0.1) is 0 Å². The number of rotatable bonds is 7. The zero-order valence-corrected chi connectivity index (χ0v) is 15.1. The highest BCUT2D eigenvalue weighted by Crippen LogP contribution is 2.33. The van der Waals surface area contributed by atoms with Crippen molar-refractivity contribution in [2.24, 2.45) is 0 Å². The van der Waals surface area contributed by atoms with Crippen LogP contribution in [0, 0.1) is 17.1 Å². The lowest BCUT2D eigenvalue weighted by Crippen LogP contribution is -2.36. The molecule has 3 N–H and O–H groups in total. The van der Waals surface area contributed by atoms with Crippen LogP contribution in [0.15, 0.2) is 18.2 Å². The van der Waals surface area contributed by atoms with Crippen molar-refractivity contribution in [1.29, 1.82) is 5.26 Å². The van der Waals surface area contributed by atoms with E-state index in [1.807, 2.05) is 11.8 Å². The molecule has 3 amide bonds. The molecule has 2 heterocycles. The van der Waals surface area contributed by atoms with Crippen molar-refractivity contribution in [3.63, 3.8) is 0 Å². The van der Waals surface area contributed by atoms with Gasteiger partial charge in [-0.1, -0.05) is 12.5 Å². The second-order valence-corrected chi connectivity index (χ2v) is 7.84. The third-order valence-corrected chi connectivity index (χ3v) is 6.23. The predicted molar refractivity (Wildman–Crippen MR) is 96.9 cm³/mol. The second-order valence-electron chi connectivity index (χ2n) is 6.57. The van der Waals surface area contributed by atoms with Gasteiger partial charge in [0, 0.05) is 24.0 Å². The maximum Gasteiger partial charge on any atom is 0.315 e. The molecule has 1 aromatic rings. The fraction of sp³-hybridized carbons (Fsp3) is 0.500. The van der Waals surface area contributed by atoms with Gasteiger partial charge in [0.15, 0.2) is 0 Å². The summed E-state index contributed by atoms with van der Waals surface area (Å²) in [5.74, 6) is 0.304. The Labute approximate surface area is 155 Å². The topological polar surface area (TPSA) is 94.0 Å². The second kappa shape index (κ2) is 8.41. The van der Waals surface area contributed by atoms with Crippen molar-refractivity contribution in [3.05, 3.63) is 35.1 Å². The summed E-state index contributed by atoms with van der Waals surface area (Å²) >= 11 is 1.87. The molecule has 2 aliphatic rings. The minimum absolute atomic E-state index is 0.000695. The molecule has 8 heteroatoms. The monoisotopic (exact) mass is 376 g/mol. The van der Waals surface area contributed by atoms with Gasteiger partial charge in [-0.05, 0) is 30.5 Å². The van der Waals surface area contributed by atoms with Gasteiger partial charge in [0.2, 0.25) is 5.91 Å². The number of nitrogens with one attached hydrogen (secondary N) is 3. The first kappa shape index (κ1) is 18.5. The molecule has 138 valence electrons. The summed E-state index contributed by atoms with van der Waals surface area (Å²) in [5.41, 5.74) is 0.633. The van der Waals surface area contributed by atoms with Crippen LogP contribution in [0.5, 0.6) is 0 Å². The van der Waals surface area contributed by atoms with E-state index in [9.17, 15) is 14.0 Å². The Morgan fingerprint density at radius 1 is 1.38 bits per heavy atom. The quantitative estimate of drug-likeness (QED) is 0.501. The Kier molecular flexibility index (Phi) is 5.99. The van der Waals surface area contributed by atoms with Gasteiger partial charge in [0.25, 0.3) is 0 Å². The first-order chi connectivity index (χ1) is 12.6. The number of fused-ring (bicyclic) bond motifs is 1. The van der Waals surface area contributed by atoms with Crippen LogP contribution in [0.1, 0.15) is 36.8 Å². The van der Waals surface area contributed by atoms with E-state index in [0.29, 0.717) is 17.2 Å². The maximum atomic E-state index is 13.5. The number of nitrogens with zero attached hydrogens (tertiary/aromatic N) is 1. The normalized spacial score (nSPS) is 23.7. The van der Waals surface area contributed by atoms with Crippen molar-refractivity contribution in [2.45, 2.75) is 49.6 Å². The summed E-state index contributed by atoms with van der Waals surface area (Å²) in [6.07, 6.45) is 3.11. The highest BCUT2D eigenvalue weighted by atomic mass is 32.2. The van der Waals surface area contributed by atoms with E-state index in [4.69, 9.17) is 5.26 Å². The van der Waals surface area contributed by atoms with Crippen LogP contribution in [-0.2, 0) is 11.3 Å². The number of carbonyl (C=O) groups excluding carboxylic acids is 2. The molecule has 3 rings (SSSR count). The summed E-state index contributed by atoms with van der Waals surface area (Å²) in [4.78, 5) is 23.3. The zero-order chi connectivity index (χ0) is 18.5. The number of urea groups is 1. The Balaban J connectivity index is 1.33. The number of unbranched alkanes of at least 4 members (excludes halogenated alkanes) is 1. The van der Waals surface area contributed by atoms with E-state index in [1.54, 1.807) is 12.1 Å². The van der Waals surface area contributed by atoms with Gasteiger partial charge in [-0.25, -0.2) is 9.18 Å². The molecule has 26 heavy (non-hydrogen) atoms. The number of thioether (sulfide) groups is 1. The molecule has 0 unspecified atom stereocenters. The minimum atomic E-state index is -0.569. The van der Waals surface area contributed by atoms with Crippen LogP contribution >= 0.6 is 11.8 Å². The lowest BCUT2D eigenvalue weighted by Gasteiger charge is -2.16. The van der Waals surface area contributed by atoms with E-state index in [-0.39, 0.29) is 36.1 Å². The highest BCUT2D eigenvalue weighted by molar-refractivity contribution is 8.00. The third kappa shape index (κ3) is 4.47. The van der Waals surface area contributed by atoms with Crippen LogP contribution in [0.4, 0.5) is 9.18 Å². The molecular weight excluding hydrogens is 355 g/mol. The summed E-state index contributed by atoms with van der Waals surface area (Å²) in [6, 6.07) is 6.45. The Hall–Kier alpha value is -2.27. The van der Waals surface area contributed by atoms with E-state index in [2.05, 4.69) is 16.0 Å². The fourth-order valence-electron chi connectivity index (χ4n) is 3.32. The van der Waals surface area contributed by atoms with Gasteiger partial charge in [-0.3, -0.25) is 4.79 Å². The number of hydrogen-bond donors (Lipinski definition) is 3. The molecule has 0 aromatic heterocycles.